The van der Waals surface area contributed by atoms with E-state index in [1.165, 1.54) is 12.1 Å². The second-order valence-corrected chi connectivity index (χ2v) is 3.81. The minimum atomic E-state index is -3.06. The quantitative estimate of drug-likeness (QED) is 0.801. The molecule has 0 aromatic heterocycles. The molecule has 0 aliphatic rings. The summed E-state index contributed by atoms with van der Waals surface area (Å²) in [6.07, 6.45) is 0. The molecule has 1 rings (SSSR count). The van der Waals surface area contributed by atoms with E-state index in [1.807, 2.05) is 0 Å². The fraction of sp³-hybridized carbons (Fsp3) is 0.222. The number of hydrogen-bond acceptors (Lipinski definition) is 3. The van der Waals surface area contributed by atoms with Crippen LogP contribution in [0.1, 0.15) is 10.4 Å². The van der Waals surface area contributed by atoms with E-state index in [4.69, 9.17) is 11.6 Å². The summed E-state index contributed by atoms with van der Waals surface area (Å²) in [5.74, 6) is -1.12. The number of esters is 1. The third-order valence-electron chi connectivity index (χ3n) is 1.66. The molecule has 0 unspecified atom stereocenters. The molecule has 0 saturated heterocycles. The third kappa shape index (κ3) is 2.82. The second kappa shape index (κ2) is 5.45. The first kappa shape index (κ1) is 13.2. The predicted molar refractivity (Wildman–Crippen MR) is 57.1 cm³/mol. The van der Waals surface area contributed by atoms with Crippen LogP contribution in [0, 0.1) is 0 Å². The molecule has 0 spiro atoms. The molecule has 7 heteroatoms. The van der Waals surface area contributed by atoms with Crippen molar-refractivity contribution in [3.05, 3.63) is 27.2 Å². The van der Waals surface area contributed by atoms with Gasteiger partial charge in [0.05, 0.1) is 16.6 Å². The highest BCUT2D eigenvalue weighted by Crippen LogP contribution is 2.36. The molecule has 0 fully saturated rings. The Morgan fingerprint density at radius 1 is 1.50 bits per heavy atom. The Hall–Kier alpha value is -0.880. The maximum absolute atomic E-state index is 12.1. The lowest BCUT2D eigenvalue weighted by atomic mass is 10.2. The monoisotopic (exact) mass is 314 g/mol. The smallest absolute Gasteiger partial charge is 0.387 e. The Labute approximate surface area is 103 Å². The average molecular weight is 315 g/mol. The van der Waals surface area contributed by atoms with E-state index >= 15 is 0 Å². The Balaban J connectivity index is 3.27. The fourth-order valence-electron chi connectivity index (χ4n) is 1.01. The number of rotatable bonds is 3. The second-order valence-electron chi connectivity index (χ2n) is 2.61. The van der Waals surface area contributed by atoms with Gasteiger partial charge in [-0.25, -0.2) is 4.79 Å². The van der Waals surface area contributed by atoms with Crippen LogP contribution in [0.2, 0.25) is 5.02 Å². The molecule has 3 nitrogen and oxygen atoms in total. The van der Waals surface area contributed by atoms with Gasteiger partial charge < -0.3 is 9.47 Å². The zero-order chi connectivity index (χ0) is 12.3. The highest BCUT2D eigenvalue weighted by atomic mass is 79.9. The van der Waals surface area contributed by atoms with E-state index in [0.717, 1.165) is 7.11 Å². The topological polar surface area (TPSA) is 35.5 Å². The third-order valence-corrected chi connectivity index (χ3v) is 2.99. The first-order valence-electron chi connectivity index (χ1n) is 3.98. The van der Waals surface area contributed by atoms with Crippen LogP contribution in [0.4, 0.5) is 8.78 Å². The van der Waals surface area contributed by atoms with Gasteiger partial charge >= 0.3 is 12.6 Å². The molecular weight excluding hydrogens is 309 g/mol. The summed E-state index contributed by atoms with van der Waals surface area (Å²) in [7, 11) is 1.14. The van der Waals surface area contributed by atoms with Gasteiger partial charge in [-0.2, -0.15) is 8.78 Å². The summed E-state index contributed by atoms with van der Waals surface area (Å²) < 4.78 is 33.0. The Morgan fingerprint density at radius 2 is 2.12 bits per heavy atom. The van der Waals surface area contributed by atoms with Gasteiger partial charge in [0.2, 0.25) is 0 Å². The highest BCUT2D eigenvalue weighted by molar-refractivity contribution is 9.10. The normalized spacial score (nSPS) is 10.4. The van der Waals surface area contributed by atoms with Crippen LogP contribution in [-0.4, -0.2) is 19.7 Å². The van der Waals surface area contributed by atoms with Crippen molar-refractivity contribution in [2.45, 2.75) is 6.61 Å². The zero-order valence-corrected chi connectivity index (χ0v) is 10.3. The molecule has 0 heterocycles. The lowest BCUT2D eigenvalue weighted by Crippen LogP contribution is -2.10. The lowest BCUT2D eigenvalue weighted by Gasteiger charge is -2.11. The minimum absolute atomic E-state index is 0.0809. The van der Waals surface area contributed by atoms with E-state index < -0.39 is 12.6 Å². The first-order chi connectivity index (χ1) is 7.47. The summed E-state index contributed by atoms with van der Waals surface area (Å²) in [4.78, 5) is 11.3. The van der Waals surface area contributed by atoms with Crippen molar-refractivity contribution < 1.29 is 23.0 Å². The van der Waals surface area contributed by atoms with Gasteiger partial charge in [-0.3, -0.25) is 0 Å². The van der Waals surface area contributed by atoms with Crippen molar-refractivity contribution in [1.29, 1.82) is 0 Å². The zero-order valence-electron chi connectivity index (χ0n) is 7.97. The minimum Gasteiger partial charge on any atom is -0.465 e. The molecule has 0 saturated carbocycles. The van der Waals surface area contributed by atoms with Crippen molar-refractivity contribution in [3.63, 3.8) is 0 Å². The molecule has 16 heavy (non-hydrogen) atoms. The van der Waals surface area contributed by atoms with Crippen LogP contribution in [0.15, 0.2) is 16.6 Å². The average Bonchev–Trinajstić information content (AvgIpc) is 2.23. The van der Waals surface area contributed by atoms with Gasteiger partial charge in [0.1, 0.15) is 5.56 Å². The molecule has 0 N–H and O–H groups in total. The molecule has 0 atom stereocenters. The maximum Gasteiger partial charge on any atom is 0.387 e. The van der Waals surface area contributed by atoms with Crippen LogP contribution in [-0.2, 0) is 4.74 Å². The van der Waals surface area contributed by atoms with Crippen molar-refractivity contribution in [2.24, 2.45) is 0 Å². The molecule has 0 aliphatic carbocycles. The van der Waals surface area contributed by atoms with Gasteiger partial charge in [0.15, 0.2) is 5.75 Å². The van der Waals surface area contributed by atoms with Crippen LogP contribution in [0.3, 0.4) is 0 Å². The van der Waals surface area contributed by atoms with Gasteiger partial charge in [-0.15, -0.1) is 0 Å². The van der Waals surface area contributed by atoms with E-state index in [-0.39, 0.29) is 20.8 Å². The van der Waals surface area contributed by atoms with Crippen LogP contribution < -0.4 is 4.74 Å². The molecule has 1 aromatic rings. The number of methoxy groups -OCH3 is 1. The number of alkyl halides is 2. The van der Waals surface area contributed by atoms with Gasteiger partial charge in [0.25, 0.3) is 0 Å². The number of benzene rings is 1. The summed E-state index contributed by atoms with van der Waals surface area (Å²) in [5.41, 5.74) is -0.126. The number of hydrogen-bond donors (Lipinski definition) is 0. The van der Waals surface area contributed by atoms with Gasteiger partial charge in [-0.1, -0.05) is 11.6 Å². The largest absolute Gasteiger partial charge is 0.465 e. The van der Waals surface area contributed by atoms with E-state index in [9.17, 15) is 13.6 Å². The van der Waals surface area contributed by atoms with Crippen molar-refractivity contribution in [2.75, 3.05) is 7.11 Å². The standard InChI is InChI=1S/C9H6BrClF2O3/c1-15-8(14)4-2-3-5(11)6(10)7(4)16-9(12)13/h2-3,9H,1H3. The SMILES string of the molecule is COC(=O)c1ccc(Cl)c(Br)c1OC(F)F. The maximum atomic E-state index is 12.1. The Kier molecular flexibility index (Phi) is 4.49. The van der Waals surface area contributed by atoms with E-state index in [0.29, 0.717) is 0 Å². The van der Waals surface area contributed by atoms with Gasteiger partial charge in [-0.05, 0) is 28.1 Å². The molecule has 0 aliphatic heterocycles. The summed E-state index contributed by atoms with van der Waals surface area (Å²) in [6.45, 7) is -3.06. The van der Waals surface area contributed by atoms with E-state index in [2.05, 4.69) is 25.4 Å². The molecule has 0 radical (unpaired) electrons. The number of halogens is 4. The summed E-state index contributed by atoms with van der Waals surface area (Å²) >= 11 is 8.65. The summed E-state index contributed by atoms with van der Waals surface area (Å²) in [5, 5.41) is 0.156. The number of carbonyl (C=O) groups excluding carboxylic acids is 1. The van der Waals surface area contributed by atoms with Crippen molar-refractivity contribution in [3.8, 4) is 5.75 Å². The van der Waals surface area contributed by atoms with Crippen molar-refractivity contribution in [1.82, 2.24) is 0 Å². The fourth-order valence-corrected chi connectivity index (χ4v) is 1.60. The lowest BCUT2D eigenvalue weighted by molar-refractivity contribution is -0.0509. The molecule has 0 amide bonds. The summed E-state index contributed by atoms with van der Waals surface area (Å²) in [6, 6.07) is 2.62. The molecular formula is C9H6BrClF2O3. The predicted octanol–water partition coefficient (Wildman–Crippen LogP) is 3.49. The Bertz CT molecular complexity index is 412. The first-order valence-corrected chi connectivity index (χ1v) is 5.15. The highest BCUT2D eigenvalue weighted by Gasteiger charge is 2.21. The molecule has 88 valence electrons. The van der Waals surface area contributed by atoms with Crippen molar-refractivity contribution >= 4 is 33.5 Å². The molecule has 0 bridgehead atoms. The van der Waals surface area contributed by atoms with Crippen LogP contribution in [0.25, 0.3) is 0 Å². The molecule has 1 aromatic carbocycles. The number of ether oxygens (including phenoxy) is 2. The van der Waals surface area contributed by atoms with E-state index in [1.54, 1.807) is 0 Å². The van der Waals surface area contributed by atoms with Crippen LogP contribution in [0.5, 0.6) is 5.75 Å². The van der Waals surface area contributed by atoms with Crippen LogP contribution >= 0.6 is 27.5 Å². The Morgan fingerprint density at radius 3 is 2.62 bits per heavy atom. The number of carbonyl (C=O) groups is 1. The van der Waals surface area contributed by atoms with Gasteiger partial charge in [0, 0.05) is 0 Å².